The average molecular weight is 439 g/mol. The van der Waals surface area contributed by atoms with Crippen molar-refractivity contribution in [3.8, 4) is 11.5 Å². The van der Waals surface area contributed by atoms with Crippen LogP contribution in [0, 0.1) is 0 Å². The summed E-state index contributed by atoms with van der Waals surface area (Å²) in [7, 11) is 1.48. The first kappa shape index (κ1) is 23.1. The average Bonchev–Trinajstić information content (AvgIpc) is 2.71. The molecule has 2 amide bonds. The molecule has 0 radical (unpaired) electrons. The third kappa shape index (κ3) is 6.15. The molecule has 0 spiro atoms. The number of nitrogens with one attached hydrogen (secondary N) is 2. The first-order valence-corrected chi connectivity index (χ1v) is 9.56. The van der Waals surface area contributed by atoms with E-state index in [2.05, 4.69) is 10.6 Å². The van der Waals surface area contributed by atoms with Crippen molar-refractivity contribution >= 4 is 35.6 Å². The predicted octanol–water partition coefficient (Wildman–Crippen LogP) is 2.43. The van der Waals surface area contributed by atoms with Crippen LogP contribution in [0.3, 0.4) is 0 Å². The molecule has 0 unspecified atom stereocenters. The van der Waals surface area contributed by atoms with Crippen molar-refractivity contribution in [1.29, 1.82) is 0 Å². The van der Waals surface area contributed by atoms with Crippen molar-refractivity contribution in [2.45, 2.75) is 13.8 Å². The third-order valence-corrected chi connectivity index (χ3v) is 4.16. The van der Waals surface area contributed by atoms with E-state index in [9.17, 15) is 14.4 Å². The molecule has 0 atom stereocenters. The standard InChI is InChI=1S/C20H23ClN2O7/c1-4-28-16-9-12(8-14(21)18(16)27-3)6-7-17(24)30-11-15-13(19(25)29-5-2)10-22-20(26)23-15/h6-9H,4-5,10-11H2,1-3H3,(H2,22,23,26)/b7-6+. The van der Waals surface area contributed by atoms with Gasteiger partial charge in [-0.25, -0.2) is 14.4 Å². The van der Waals surface area contributed by atoms with Gasteiger partial charge in [0.2, 0.25) is 0 Å². The fraction of sp³-hybridized carbons (Fsp3) is 0.350. The Bertz CT molecular complexity index is 880. The Balaban J connectivity index is 2.08. The summed E-state index contributed by atoms with van der Waals surface area (Å²) in [5.41, 5.74) is 0.962. The zero-order valence-corrected chi connectivity index (χ0v) is 17.6. The number of urea groups is 1. The molecular weight excluding hydrogens is 416 g/mol. The summed E-state index contributed by atoms with van der Waals surface area (Å²) in [5.74, 6) is -0.424. The molecular formula is C20H23ClN2O7. The fourth-order valence-corrected chi connectivity index (χ4v) is 2.87. The van der Waals surface area contributed by atoms with E-state index in [1.54, 1.807) is 19.1 Å². The summed E-state index contributed by atoms with van der Waals surface area (Å²) in [5, 5.41) is 5.26. The van der Waals surface area contributed by atoms with Gasteiger partial charge in [0.05, 0.1) is 43.2 Å². The highest BCUT2D eigenvalue weighted by Gasteiger charge is 2.24. The van der Waals surface area contributed by atoms with Gasteiger partial charge in [-0.1, -0.05) is 11.6 Å². The Kier molecular flexibility index (Phi) is 8.54. The monoisotopic (exact) mass is 438 g/mol. The van der Waals surface area contributed by atoms with E-state index in [1.165, 1.54) is 19.3 Å². The summed E-state index contributed by atoms with van der Waals surface area (Å²) in [6.07, 6.45) is 2.69. The Labute approximate surface area is 178 Å². The van der Waals surface area contributed by atoms with E-state index in [4.69, 9.17) is 30.5 Å². The molecule has 0 aromatic heterocycles. The lowest BCUT2D eigenvalue weighted by atomic mass is 10.1. The second kappa shape index (κ2) is 11.1. The maximum Gasteiger partial charge on any atom is 0.337 e. The van der Waals surface area contributed by atoms with Crippen molar-refractivity contribution in [3.05, 3.63) is 40.1 Å². The molecule has 162 valence electrons. The van der Waals surface area contributed by atoms with Gasteiger partial charge in [0.15, 0.2) is 11.5 Å². The molecule has 1 aliphatic heterocycles. The molecule has 0 fully saturated rings. The highest BCUT2D eigenvalue weighted by Crippen LogP contribution is 2.36. The number of methoxy groups -OCH3 is 1. The van der Waals surface area contributed by atoms with E-state index < -0.39 is 18.0 Å². The smallest absolute Gasteiger partial charge is 0.337 e. The number of hydrogen-bond acceptors (Lipinski definition) is 7. The van der Waals surface area contributed by atoms with Crippen LogP contribution in [0.25, 0.3) is 6.08 Å². The molecule has 9 nitrogen and oxygen atoms in total. The van der Waals surface area contributed by atoms with Crippen LogP contribution >= 0.6 is 11.6 Å². The largest absolute Gasteiger partial charge is 0.491 e. The van der Waals surface area contributed by atoms with E-state index in [0.29, 0.717) is 28.7 Å². The van der Waals surface area contributed by atoms with Crippen molar-refractivity contribution in [3.63, 3.8) is 0 Å². The minimum Gasteiger partial charge on any atom is -0.491 e. The number of carbonyl (C=O) groups excluding carboxylic acids is 3. The summed E-state index contributed by atoms with van der Waals surface area (Å²) < 4.78 is 20.8. The van der Waals surface area contributed by atoms with Gasteiger partial charge in [0, 0.05) is 6.08 Å². The Morgan fingerprint density at radius 3 is 2.63 bits per heavy atom. The topological polar surface area (TPSA) is 112 Å². The van der Waals surface area contributed by atoms with E-state index >= 15 is 0 Å². The third-order valence-electron chi connectivity index (χ3n) is 3.88. The lowest BCUT2D eigenvalue weighted by Crippen LogP contribution is -2.45. The number of halogens is 1. The quantitative estimate of drug-likeness (QED) is 0.449. The lowest BCUT2D eigenvalue weighted by molar-refractivity contribution is -0.140. The molecule has 30 heavy (non-hydrogen) atoms. The molecule has 2 rings (SSSR count). The van der Waals surface area contributed by atoms with Crippen LogP contribution < -0.4 is 20.1 Å². The van der Waals surface area contributed by atoms with Gasteiger partial charge in [-0.05, 0) is 37.6 Å². The molecule has 1 aromatic rings. The Hall–Kier alpha value is -3.20. The van der Waals surface area contributed by atoms with Crippen LogP contribution in [-0.4, -0.2) is 51.4 Å². The van der Waals surface area contributed by atoms with Crippen LogP contribution in [0.5, 0.6) is 11.5 Å². The fourth-order valence-electron chi connectivity index (χ4n) is 2.57. The first-order valence-electron chi connectivity index (χ1n) is 9.18. The van der Waals surface area contributed by atoms with E-state index in [1.807, 2.05) is 6.92 Å². The van der Waals surface area contributed by atoms with Gasteiger partial charge in [-0.3, -0.25) is 0 Å². The molecule has 0 saturated carbocycles. The molecule has 0 bridgehead atoms. The Morgan fingerprint density at radius 2 is 1.97 bits per heavy atom. The van der Waals surface area contributed by atoms with Gasteiger partial charge < -0.3 is 29.6 Å². The van der Waals surface area contributed by atoms with Crippen LogP contribution in [0.15, 0.2) is 29.5 Å². The molecule has 10 heteroatoms. The van der Waals surface area contributed by atoms with Crippen molar-refractivity contribution in [1.82, 2.24) is 10.6 Å². The zero-order chi connectivity index (χ0) is 22.1. The van der Waals surface area contributed by atoms with Crippen molar-refractivity contribution in [2.24, 2.45) is 0 Å². The molecule has 1 heterocycles. The molecule has 2 N–H and O–H groups in total. The van der Waals surface area contributed by atoms with Crippen LogP contribution in [0.1, 0.15) is 19.4 Å². The number of ether oxygens (including phenoxy) is 4. The minimum atomic E-state index is -0.677. The van der Waals surface area contributed by atoms with Crippen LogP contribution in [-0.2, 0) is 19.1 Å². The lowest BCUT2D eigenvalue weighted by Gasteiger charge is -2.20. The van der Waals surface area contributed by atoms with Crippen LogP contribution in [0.2, 0.25) is 5.02 Å². The normalized spacial score (nSPS) is 13.5. The van der Waals surface area contributed by atoms with E-state index in [0.717, 1.165) is 0 Å². The maximum absolute atomic E-state index is 12.1. The maximum atomic E-state index is 12.1. The Morgan fingerprint density at radius 1 is 1.20 bits per heavy atom. The number of rotatable bonds is 9. The predicted molar refractivity (Wildman–Crippen MR) is 109 cm³/mol. The minimum absolute atomic E-state index is 0.0159. The van der Waals surface area contributed by atoms with Gasteiger partial charge in [0.25, 0.3) is 0 Å². The zero-order valence-electron chi connectivity index (χ0n) is 16.9. The molecule has 0 saturated heterocycles. The second-order valence-electron chi connectivity index (χ2n) is 5.89. The SMILES string of the molecule is CCOC(=O)C1=C(COC(=O)/C=C/c2cc(Cl)c(OC)c(OCC)c2)NC(=O)NC1. The molecule has 0 aliphatic carbocycles. The van der Waals surface area contributed by atoms with Crippen LogP contribution in [0.4, 0.5) is 4.79 Å². The number of hydrogen-bond donors (Lipinski definition) is 2. The van der Waals surface area contributed by atoms with Crippen molar-refractivity contribution in [2.75, 3.05) is 33.5 Å². The summed E-state index contributed by atoms with van der Waals surface area (Å²) >= 11 is 6.18. The summed E-state index contributed by atoms with van der Waals surface area (Å²) in [4.78, 5) is 35.6. The van der Waals surface area contributed by atoms with Crippen molar-refractivity contribution < 1.29 is 33.3 Å². The van der Waals surface area contributed by atoms with Gasteiger partial charge in [-0.15, -0.1) is 0 Å². The van der Waals surface area contributed by atoms with Gasteiger partial charge >= 0.3 is 18.0 Å². The highest BCUT2D eigenvalue weighted by molar-refractivity contribution is 6.32. The summed E-state index contributed by atoms with van der Waals surface area (Å²) in [6, 6.07) is 2.79. The van der Waals surface area contributed by atoms with Gasteiger partial charge in [-0.2, -0.15) is 0 Å². The number of benzene rings is 1. The molecule has 1 aromatic carbocycles. The second-order valence-corrected chi connectivity index (χ2v) is 6.30. The molecule has 1 aliphatic rings. The van der Waals surface area contributed by atoms with E-state index in [-0.39, 0.29) is 31.0 Å². The summed E-state index contributed by atoms with van der Waals surface area (Å²) in [6.45, 7) is 3.78. The number of carbonyl (C=O) groups is 3. The van der Waals surface area contributed by atoms with Gasteiger partial charge in [0.1, 0.15) is 6.61 Å². The highest BCUT2D eigenvalue weighted by atomic mass is 35.5. The number of amides is 2. The first-order chi connectivity index (χ1) is 14.4. The number of esters is 2.